The molecule has 0 aliphatic carbocycles. The highest BCUT2D eigenvalue weighted by Gasteiger charge is 2.14. The number of carboxylic acids is 1. The molecule has 0 aliphatic rings. The van der Waals surface area contributed by atoms with Crippen LogP contribution < -0.4 is 5.32 Å². The maximum Gasteiger partial charge on any atom is 0.323 e. The molecule has 0 radical (unpaired) electrons. The first kappa shape index (κ1) is 10.1. The van der Waals surface area contributed by atoms with E-state index >= 15 is 0 Å². The average molecular weight is 210 g/mol. The average Bonchev–Trinajstić information content (AvgIpc) is 2.29. The van der Waals surface area contributed by atoms with Crippen molar-refractivity contribution >= 4 is 5.97 Å². The predicted molar refractivity (Wildman–Crippen MR) is 56.6 cm³/mol. The maximum atomic E-state index is 10.7. The Bertz CT molecular complexity index is 318. The second kappa shape index (κ2) is 6.16. The molecule has 1 rings (SSSR count). The zero-order chi connectivity index (χ0) is 11.8. The number of aliphatic carboxylic acids is 1. The summed E-state index contributed by atoms with van der Waals surface area (Å²) in [6.45, 7) is 0.438. The first-order valence-electron chi connectivity index (χ1n) is 5.32. The van der Waals surface area contributed by atoms with E-state index in [-0.39, 0.29) is 13.6 Å². The molecule has 0 saturated carbocycles. The molecule has 0 aromatic heterocycles. The highest BCUT2D eigenvalue weighted by molar-refractivity contribution is 5.73. The molecule has 1 aromatic carbocycles. The predicted octanol–water partition coefficient (Wildman–Crippen LogP) is 0.876. The third-order valence-corrected chi connectivity index (χ3v) is 1.94. The summed E-state index contributed by atoms with van der Waals surface area (Å²) in [5.74, 6) is -1.000. The van der Waals surface area contributed by atoms with E-state index in [2.05, 4.69) is 5.32 Å². The third kappa shape index (κ3) is 4.10. The van der Waals surface area contributed by atoms with Gasteiger partial charge in [0.2, 0.25) is 0 Å². The number of likely N-dealkylation sites (N-methyl/N-ethyl adjacent to an activating group) is 1. The minimum absolute atomic E-state index is 0.0586. The van der Waals surface area contributed by atoms with Gasteiger partial charge in [-0.15, -0.1) is 0 Å². The van der Waals surface area contributed by atoms with Crippen LogP contribution in [0.2, 0.25) is 0 Å². The largest absolute Gasteiger partial charge is 0.480 e. The van der Waals surface area contributed by atoms with Crippen molar-refractivity contribution in [3.05, 3.63) is 35.9 Å². The molecule has 2 N–H and O–H groups in total. The van der Waals surface area contributed by atoms with Gasteiger partial charge in [-0.1, -0.05) is 30.3 Å². The Morgan fingerprint density at radius 2 is 2.33 bits per heavy atom. The van der Waals surface area contributed by atoms with Gasteiger partial charge in [0.05, 0.1) is 13.2 Å². The number of ether oxygens (including phenoxy) is 1. The van der Waals surface area contributed by atoms with Crippen molar-refractivity contribution in [2.45, 2.75) is 12.6 Å². The second-order valence-electron chi connectivity index (χ2n) is 3.10. The Balaban J connectivity index is 2.31. The molecule has 4 heteroatoms. The molecule has 0 aliphatic heterocycles. The van der Waals surface area contributed by atoms with Crippen LogP contribution in [0.3, 0.4) is 0 Å². The van der Waals surface area contributed by atoms with E-state index in [0.29, 0.717) is 6.61 Å². The Hall–Kier alpha value is -1.39. The van der Waals surface area contributed by atoms with E-state index in [9.17, 15) is 4.79 Å². The molecule has 0 heterocycles. The first-order chi connectivity index (χ1) is 7.74. The summed E-state index contributed by atoms with van der Waals surface area (Å²) in [5, 5.41) is 11.3. The van der Waals surface area contributed by atoms with Crippen LogP contribution in [0.4, 0.5) is 0 Å². The van der Waals surface area contributed by atoms with Crippen molar-refractivity contribution in [3.8, 4) is 0 Å². The molecular formula is C11H15NO3. The molecular weight excluding hydrogens is 194 g/mol. The van der Waals surface area contributed by atoms with E-state index in [0.717, 1.165) is 5.56 Å². The quantitative estimate of drug-likeness (QED) is 0.731. The lowest BCUT2D eigenvalue weighted by Crippen LogP contribution is -2.37. The normalized spacial score (nSPS) is 13.2. The van der Waals surface area contributed by atoms with Crippen molar-refractivity contribution in [1.82, 2.24) is 5.32 Å². The lowest BCUT2D eigenvalue weighted by Gasteiger charge is -2.11. The van der Waals surface area contributed by atoms with Crippen LogP contribution in [0.5, 0.6) is 0 Å². The van der Waals surface area contributed by atoms with Crippen molar-refractivity contribution in [2.75, 3.05) is 13.6 Å². The topological polar surface area (TPSA) is 58.6 Å². The maximum absolute atomic E-state index is 10.7. The molecule has 4 nitrogen and oxygen atoms in total. The molecule has 15 heavy (non-hydrogen) atoms. The van der Waals surface area contributed by atoms with Gasteiger partial charge in [0.1, 0.15) is 6.04 Å². The highest BCUT2D eigenvalue weighted by Crippen LogP contribution is 2.00. The highest BCUT2D eigenvalue weighted by atomic mass is 16.5. The van der Waals surface area contributed by atoms with Crippen LogP contribution in [0, 0.1) is 0 Å². The first-order valence-corrected chi connectivity index (χ1v) is 4.61. The van der Waals surface area contributed by atoms with Crippen LogP contribution in [0.1, 0.15) is 6.93 Å². The fraction of sp³-hybridized carbons (Fsp3) is 0.364. The Morgan fingerprint density at radius 3 is 2.93 bits per heavy atom. The van der Waals surface area contributed by atoms with Crippen LogP contribution in [-0.4, -0.2) is 30.7 Å². The van der Waals surface area contributed by atoms with Crippen molar-refractivity contribution in [2.24, 2.45) is 0 Å². The molecule has 1 atom stereocenters. The van der Waals surface area contributed by atoms with Crippen molar-refractivity contribution in [1.29, 1.82) is 0 Å². The van der Waals surface area contributed by atoms with Gasteiger partial charge >= 0.3 is 5.97 Å². The van der Waals surface area contributed by atoms with E-state index in [4.69, 9.17) is 11.2 Å². The van der Waals surface area contributed by atoms with Gasteiger partial charge in [-0.05, 0) is 12.6 Å². The molecule has 0 fully saturated rings. The van der Waals surface area contributed by atoms with Crippen LogP contribution >= 0.6 is 0 Å². The Kier molecular flexibility index (Phi) is 4.16. The van der Waals surface area contributed by atoms with Gasteiger partial charge in [0.15, 0.2) is 0 Å². The molecule has 0 spiro atoms. The second-order valence-corrected chi connectivity index (χ2v) is 3.10. The minimum atomic E-state index is -1.000. The van der Waals surface area contributed by atoms with E-state index in [1.807, 2.05) is 30.3 Å². The van der Waals surface area contributed by atoms with Gasteiger partial charge in [-0.3, -0.25) is 4.79 Å². The Labute approximate surface area is 90.3 Å². The summed E-state index contributed by atoms with van der Waals surface area (Å²) in [7, 11) is -0.133. The zero-order valence-electron chi connectivity index (χ0n) is 9.35. The van der Waals surface area contributed by atoms with Gasteiger partial charge in [-0.2, -0.15) is 0 Å². The lowest BCUT2D eigenvalue weighted by atomic mass is 10.2. The van der Waals surface area contributed by atoms with E-state index < -0.39 is 12.0 Å². The van der Waals surface area contributed by atoms with Gasteiger partial charge in [0, 0.05) is 1.37 Å². The Morgan fingerprint density at radius 1 is 1.60 bits per heavy atom. The molecule has 1 aromatic rings. The van der Waals surface area contributed by atoms with Gasteiger partial charge < -0.3 is 15.2 Å². The third-order valence-electron chi connectivity index (χ3n) is 1.94. The van der Waals surface area contributed by atoms with Gasteiger partial charge in [-0.25, -0.2) is 0 Å². The number of hydrogen-bond donors (Lipinski definition) is 2. The SMILES string of the molecule is [2H]CN[C@@H](COCc1ccccc1)C(=O)O. The summed E-state index contributed by atoms with van der Waals surface area (Å²) in [4.78, 5) is 10.7. The summed E-state index contributed by atoms with van der Waals surface area (Å²) >= 11 is 0. The van der Waals surface area contributed by atoms with Gasteiger partial charge in [0.25, 0.3) is 0 Å². The smallest absolute Gasteiger partial charge is 0.323 e. The summed E-state index contributed by atoms with van der Waals surface area (Å²) < 4.78 is 12.2. The summed E-state index contributed by atoms with van der Waals surface area (Å²) in [5.41, 5.74) is 0.998. The van der Waals surface area contributed by atoms with Crippen molar-refractivity contribution < 1.29 is 16.0 Å². The molecule has 0 amide bonds. The fourth-order valence-electron chi connectivity index (χ4n) is 1.09. The van der Waals surface area contributed by atoms with E-state index in [1.165, 1.54) is 0 Å². The monoisotopic (exact) mass is 210 g/mol. The summed E-state index contributed by atoms with van der Waals surface area (Å²) in [6.07, 6.45) is 0. The fourth-order valence-corrected chi connectivity index (χ4v) is 1.09. The molecule has 0 saturated heterocycles. The number of benzene rings is 1. The number of hydrogen-bond acceptors (Lipinski definition) is 3. The molecule has 0 unspecified atom stereocenters. The minimum Gasteiger partial charge on any atom is -0.480 e. The van der Waals surface area contributed by atoms with Crippen LogP contribution in [0.25, 0.3) is 0 Å². The number of rotatable bonds is 6. The molecule has 0 bridgehead atoms. The standard InChI is InChI=1S/C11H15NO3/c1-12-10(11(13)14)8-15-7-9-5-3-2-4-6-9/h2-6,10,12H,7-8H2,1H3,(H,13,14)/t10-/m0/s1/i1D. The van der Waals surface area contributed by atoms with Crippen molar-refractivity contribution in [3.63, 3.8) is 0 Å². The zero-order valence-corrected chi connectivity index (χ0v) is 8.35. The lowest BCUT2D eigenvalue weighted by molar-refractivity contribution is -0.141. The number of nitrogens with one attached hydrogen (secondary N) is 1. The number of carbonyl (C=O) groups is 1. The molecule has 82 valence electrons. The van der Waals surface area contributed by atoms with E-state index in [1.54, 1.807) is 0 Å². The van der Waals surface area contributed by atoms with Crippen LogP contribution in [0.15, 0.2) is 30.3 Å². The van der Waals surface area contributed by atoms with Crippen LogP contribution in [-0.2, 0) is 16.1 Å². The number of carboxylic acid groups (broad SMARTS) is 1. The summed E-state index contributed by atoms with van der Waals surface area (Å²) in [6, 6.07) is 8.71.